The van der Waals surface area contributed by atoms with E-state index >= 15 is 0 Å². The van der Waals surface area contributed by atoms with Crippen LogP contribution in [0.5, 0.6) is 0 Å². The Morgan fingerprint density at radius 1 is 1.13 bits per heavy atom. The van der Waals surface area contributed by atoms with Crippen molar-refractivity contribution in [3.63, 3.8) is 0 Å². The Morgan fingerprint density at radius 3 is 2.27 bits per heavy atom. The van der Waals surface area contributed by atoms with Crippen molar-refractivity contribution in [2.24, 2.45) is 0 Å². The van der Waals surface area contributed by atoms with Crippen LogP contribution in [0.3, 0.4) is 0 Å². The third kappa shape index (κ3) is 1.80. The first-order chi connectivity index (χ1) is 7.04. The highest BCUT2D eigenvalue weighted by Crippen LogP contribution is 2.42. The summed E-state index contributed by atoms with van der Waals surface area (Å²) in [5.41, 5.74) is 0.995. The van der Waals surface area contributed by atoms with Crippen LogP contribution >= 0.6 is 11.3 Å². The molecule has 1 aromatic heterocycles. The molecule has 0 N–H and O–H groups in total. The van der Waals surface area contributed by atoms with Gasteiger partial charge in [0, 0.05) is 0 Å². The zero-order valence-electron chi connectivity index (χ0n) is 7.86. The first kappa shape index (κ1) is 10.7. The van der Waals surface area contributed by atoms with Gasteiger partial charge in [-0.1, -0.05) is 0 Å². The van der Waals surface area contributed by atoms with Crippen molar-refractivity contribution in [1.29, 1.82) is 0 Å². The molecule has 1 heterocycles. The highest BCUT2D eigenvalue weighted by atomic mass is 32.1. The number of hydrogen-bond donors (Lipinski definition) is 0. The average Bonchev–Trinajstić information content (AvgIpc) is 2.55. The number of carbonyl (C=O) groups is 1. The summed E-state index contributed by atoms with van der Waals surface area (Å²) in [6.45, 7) is 0. The number of aldehydes is 1. The summed E-state index contributed by atoms with van der Waals surface area (Å²) in [6, 6.07) is 0. The number of rotatable bonds is 1. The van der Waals surface area contributed by atoms with Crippen LogP contribution in [0.25, 0.3) is 0 Å². The number of hydrogen-bond acceptors (Lipinski definition) is 2. The lowest BCUT2D eigenvalue weighted by atomic mass is 9.92. The Bertz CT molecular complexity index is 392. The first-order valence-electron chi connectivity index (χ1n) is 4.71. The van der Waals surface area contributed by atoms with Gasteiger partial charge in [0.2, 0.25) is 0 Å². The molecular weight excluding hydrogens is 225 g/mol. The monoisotopic (exact) mass is 234 g/mol. The van der Waals surface area contributed by atoms with Crippen LogP contribution in [-0.4, -0.2) is 6.29 Å². The van der Waals surface area contributed by atoms with E-state index in [-0.39, 0.29) is 4.88 Å². The minimum absolute atomic E-state index is 0.261. The lowest BCUT2D eigenvalue weighted by molar-refractivity contribution is -0.135. The second-order valence-corrected chi connectivity index (χ2v) is 4.63. The van der Waals surface area contributed by atoms with Gasteiger partial charge >= 0.3 is 6.18 Å². The number of thiophene rings is 1. The number of alkyl halides is 3. The predicted molar refractivity (Wildman–Crippen MR) is 51.4 cm³/mol. The van der Waals surface area contributed by atoms with Crippen molar-refractivity contribution in [2.75, 3.05) is 0 Å². The molecule has 0 aliphatic heterocycles. The van der Waals surface area contributed by atoms with Crippen LogP contribution in [0.2, 0.25) is 0 Å². The van der Waals surface area contributed by atoms with E-state index in [1.165, 1.54) is 0 Å². The fraction of sp³-hybridized carbons (Fsp3) is 0.500. The molecule has 0 unspecified atom stereocenters. The molecule has 0 saturated carbocycles. The van der Waals surface area contributed by atoms with Gasteiger partial charge in [0.05, 0.1) is 4.88 Å². The van der Waals surface area contributed by atoms with Gasteiger partial charge in [-0.15, -0.1) is 11.3 Å². The van der Waals surface area contributed by atoms with Crippen molar-refractivity contribution in [3.8, 4) is 0 Å². The highest BCUT2D eigenvalue weighted by molar-refractivity contribution is 7.14. The van der Waals surface area contributed by atoms with Crippen LogP contribution in [0.15, 0.2) is 0 Å². The molecule has 1 aromatic rings. The normalized spacial score (nSPS) is 16.2. The smallest absolute Gasteiger partial charge is 0.297 e. The van der Waals surface area contributed by atoms with Crippen LogP contribution < -0.4 is 0 Å². The summed E-state index contributed by atoms with van der Waals surface area (Å²) in [6.07, 6.45) is -1.05. The molecule has 0 saturated heterocycles. The predicted octanol–water partition coefficient (Wildman–Crippen LogP) is 3.46. The summed E-state index contributed by atoms with van der Waals surface area (Å²) in [5.74, 6) is 0. The van der Waals surface area contributed by atoms with E-state index in [1.54, 1.807) is 0 Å². The summed E-state index contributed by atoms with van der Waals surface area (Å²) in [5, 5.41) is 0. The highest BCUT2D eigenvalue weighted by Gasteiger charge is 2.38. The minimum Gasteiger partial charge on any atom is -0.297 e. The largest absolute Gasteiger partial charge is 0.425 e. The van der Waals surface area contributed by atoms with Gasteiger partial charge < -0.3 is 0 Å². The van der Waals surface area contributed by atoms with Crippen molar-refractivity contribution in [1.82, 2.24) is 0 Å². The molecule has 0 aromatic carbocycles. The second kappa shape index (κ2) is 3.63. The molecule has 82 valence electrons. The molecule has 0 amide bonds. The zero-order valence-corrected chi connectivity index (χ0v) is 8.67. The SMILES string of the molecule is O=Cc1sc(C(F)(F)F)c2c1CCCC2. The summed E-state index contributed by atoms with van der Waals surface area (Å²) in [7, 11) is 0. The fourth-order valence-corrected chi connectivity index (χ4v) is 3.07. The van der Waals surface area contributed by atoms with E-state index in [1.807, 2.05) is 0 Å². The second-order valence-electron chi connectivity index (χ2n) is 3.58. The van der Waals surface area contributed by atoms with E-state index in [0.717, 1.165) is 12.8 Å². The third-order valence-electron chi connectivity index (χ3n) is 2.62. The molecule has 0 fully saturated rings. The van der Waals surface area contributed by atoms with E-state index in [9.17, 15) is 18.0 Å². The summed E-state index contributed by atoms with van der Waals surface area (Å²) in [4.78, 5) is 10.4. The van der Waals surface area contributed by atoms with Crippen molar-refractivity contribution >= 4 is 17.6 Å². The van der Waals surface area contributed by atoms with E-state index in [0.29, 0.717) is 41.6 Å². The van der Waals surface area contributed by atoms with E-state index in [2.05, 4.69) is 0 Å². The third-order valence-corrected chi connectivity index (χ3v) is 3.86. The lowest BCUT2D eigenvalue weighted by Crippen LogP contribution is -2.09. The standard InChI is InChI=1S/C10H9F3OS/c11-10(12,13)9-7-4-2-1-3-6(7)8(5-14)15-9/h5H,1-4H2. The van der Waals surface area contributed by atoms with Crippen LogP contribution in [0.1, 0.15) is 38.5 Å². The fourth-order valence-electron chi connectivity index (χ4n) is 1.99. The summed E-state index contributed by atoms with van der Waals surface area (Å²) >= 11 is 0.589. The topological polar surface area (TPSA) is 17.1 Å². The molecule has 15 heavy (non-hydrogen) atoms. The molecule has 0 spiro atoms. The van der Waals surface area contributed by atoms with Crippen molar-refractivity contribution in [3.05, 3.63) is 20.9 Å². The van der Waals surface area contributed by atoms with Gasteiger partial charge in [0.15, 0.2) is 6.29 Å². The van der Waals surface area contributed by atoms with Gasteiger partial charge in [-0.05, 0) is 36.8 Å². The first-order valence-corrected chi connectivity index (χ1v) is 5.52. The van der Waals surface area contributed by atoms with Gasteiger partial charge in [-0.25, -0.2) is 0 Å². The minimum atomic E-state index is -4.31. The Morgan fingerprint density at radius 2 is 1.73 bits per heavy atom. The van der Waals surface area contributed by atoms with Gasteiger partial charge in [0.25, 0.3) is 0 Å². The van der Waals surface area contributed by atoms with Gasteiger partial charge in [-0.2, -0.15) is 13.2 Å². The quantitative estimate of drug-likeness (QED) is 0.680. The van der Waals surface area contributed by atoms with Crippen molar-refractivity contribution in [2.45, 2.75) is 31.9 Å². The van der Waals surface area contributed by atoms with E-state index in [4.69, 9.17) is 0 Å². The molecular formula is C10H9F3OS. The Labute approximate surface area is 88.9 Å². The van der Waals surface area contributed by atoms with Crippen LogP contribution in [-0.2, 0) is 19.0 Å². The summed E-state index contributed by atoms with van der Waals surface area (Å²) < 4.78 is 37.9. The zero-order chi connectivity index (χ0) is 11.1. The maximum Gasteiger partial charge on any atom is 0.425 e. The molecule has 1 aliphatic carbocycles. The van der Waals surface area contributed by atoms with E-state index < -0.39 is 11.1 Å². The molecule has 1 aliphatic rings. The van der Waals surface area contributed by atoms with Crippen molar-refractivity contribution < 1.29 is 18.0 Å². The molecule has 1 nitrogen and oxygen atoms in total. The number of carbonyl (C=O) groups excluding carboxylic acids is 1. The molecule has 2 rings (SSSR count). The van der Waals surface area contributed by atoms with Crippen LogP contribution in [0, 0.1) is 0 Å². The van der Waals surface area contributed by atoms with Crippen LogP contribution in [0.4, 0.5) is 13.2 Å². The number of fused-ring (bicyclic) bond motifs is 1. The van der Waals surface area contributed by atoms with Gasteiger partial charge in [0.1, 0.15) is 4.88 Å². The maximum atomic E-state index is 12.6. The molecule has 5 heteroatoms. The van der Waals surface area contributed by atoms with Gasteiger partial charge in [-0.3, -0.25) is 4.79 Å². The molecule has 0 bridgehead atoms. The Balaban J connectivity index is 2.57. The Kier molecular flexibility index (Phi) is 2.58. The number of halogens is 3. The molecule has 0 atom stereocenters. The lowest BCUT2D eigenvalue weighted by Gasteiger charge is -2.14. The maximum absolute atomic E-state index is 12.6. The Hall–Kier alpha value is -0.840. The molecule has 0 radical (unpaired) electrons. The average molecular weight is 234 g/mol.